The first-order valence-corrected chi connectivity index (χ1v) is 7.58. The molecule has 0 unspecified atom stereocenters. The molecule has 2 rings (SSSR count). The zero-order chi connectivity index (χ0) is 15.5. The molecule has 0 atom stereocenters. The normalized spacial score (nSPS) is 21.0. The zero-order valence-electron chi connectivity index (χ0n) is 13.4. The Morgan fingerprint density at radius 3 is 2.38 bits per heavy atom. The molecule has 5 nitrogen and oxygen atoms in total. The summed E-state index contributed by atoms with van der Waals surface area (Å²) in [4.78, 5) is 20.1. The van der Waals surface area contributed by atoms with Gasteiger partial charge in [0, 0.05) is 35.9 Å². The van der Waals surface area contributed by atoms with Gasteiger partial charge in [-0.05, 0) is 52.5 Å². The van der Waals surface area contributed by atoms with Crippen LogP contribution in [0.2, 0.25) is 0 Å². The van der Waals surface area contributed by atoms with E-state index in [1.807, 2.05) is 0 Å². The Hall–Kier alpha value is -1.49. The molecule has 21 heavy (non-hydrogen) atoms. The van der Waals surface area contributed by atoms with Gasteiger partial charge in [-0.15, -0.1) is 0 Å². The Morgan fingerprint density at radius 2 is 1.81 bits per heavy atom. The minimum Gasteiger partial charge on any atom is -0.353 e. The number of carbonyl (C=O) groups is 1. The number of hydrogen-bond acceptors (Lipinski definition) is 4. The third-order valence-corrected chi connectivity index (χ3v) is 3.81. The summed E-state index contributed by atoms with van der Waals surface area (Å²) in [6.45, 7) is 8.76. The highest BCUT2D eigenvalue weighted by atomic mass is 16.1. The van der Waals surface area contributed by atoms with Crippen LogP contribution in [0.5, 0.6) is 0 Å². The third-order valence-electron chi connectivity index (χ3n) is 3.81. The fraction of sp³-hybridized carbons (Fsp3) is 0.688. The van der Waals surface area contributed by atoms with Crippen molar-refractivity contribution in [3.05, 3.63) is 24.3 Å². The second-order valence-corrected chi connectivity index (χ2v) is 7.31. The lowest BCUT2D eigenvalue weighted by Crippen LogP contribution is -2.62. The minimum atomic E-state index is 0.0486. The molecule has 1 fully saturated rings. The monoisotopic (exact) mass is 290 g/mol. The first kappa shape index (κ1) is 15.9. The Morgan fingerprint density at radius 1 is 1.24 bits per heavy atom. The van der Waals surface area contributed by atoms with E-state index in [0.29, 0.717) is 12.8 Å². The van der Waals surface area contributed by atoms with Crippen LogP contribution in [0.25, 0.3) is 0 Å². The molecule has 0 spiro atoms. The van der Waals surface area contributed by atoms with E-state index in [-0.39, 0.29) is 23.0 Å². The molecule has 2 heterocycles. The number of piperidine rings is 1. The summed E-state index contributed by atoms with van der Waals surface area (Å²) < 4.78 is 0. The van der Waals surface area contributed by atoms with Gasteiger partial charge in [-0.25, -0.2) is 9.97 Å². The molecular formula is C16H26N4O. The van der Waals surface area contributed by atoms with Crippen LogP contribution >= 0.6 is 0 Å². The first-order valence-electron chi connectivity index (χ1n) is 7.58. The average Bonchev–Trinajstić information content (AvgIpc) is 2.33. The van der Waals surface area contributed by atoms with Gasteiger partial charge in [-0.2, -0.15) is 0 Å². The molecule has 1 amide bonds. The SMILES string of the molecule is CC1(C)CC(NC(=O)CCc2cncnc2)CC(C)(C)N1. The quantitative estimate of drug-likeness (QED) is 0.888. The van der Waals surface area contributed by atoms with E-state index >= 15 is 0 Å². The summed E-state index contributed by atoms with van der Waals surface area (Å²) >= 11 is 0. The highest BCUT2D eigenvalue weighted by molar-refractivity contribution is 5.76. The maximum atomic E-state index is 12.1. The molecule has 0 aromatic carbocycles. The summed E-state index contributed by atoms with van der Waals surface area (Å²) in [6.07, 6.45) is 8.10. The molecule has 1 aliphatic heterocycles. The van der Waals surface area contributed by atoms with E-state index < -0.39 is 0 Å². The van der Waals surface area contributed by atoms with Crippen LogP contribution in [-0.2, 0) is 11.2 Å². The van der Waals surface area contributed by atoms with Gasteiger partial charge >= 0.3 is 0 Å². The number of rotatable bonds is 4. The third kappa shape index (κ3) is 5.08. The van der Waals surface area contributed by atoms with E-state index in [1.165, 1.54) is 6.33 Å². The van der Waals surface area contributed by atoms with Gasteiger partial charge in [-0.3, -0.25) is 4.79 Å². The van der Waals surface area contributed by atoms with Gasteiger partial charge in [0.1, 0.15) is 6.33 Å². The van der Waals surface area contributed by atoms with Gasteiger partial charge in [0.15, 0.2) is 0 Å². The van der Waals surface area contributed by atoms with Gasteiger partial charge in [0.2, 0.25) is 5.91 Å². The summed E-state index contributed by atoms with van der Waals surface area (Å²) in [5, 5.41) is 6.81. The summed E-state index contributed by atoms with van der Waals surface area (Å²) in [6, 6.07) is 0.232. The lowest BCUT2D eigenvalue weighted by molar-refractivity contribution is -0.122. The van der Waals surface area contributed by atoms with E-state index in [2.05, 4.69) is 48.3 Å². The van der Waals surface area contributed by atoms with Crippen LogP contribution in [0.3, 0.4) is 0 Å². The zero-order valence-corrected chi connectivity index (χ0v) is 13.4. The molecule has 1 aromatic rings. The summed E-state index contributed by atoms with van der Waals surface area (Å²) in [7, 11) is 0. The van der Waals surface area contributed by atoms with Crippen LogP contribution in [0.4, 0.5) is 0 Å². The first-order chi connectivity index (χ1) is 9.76. The average molecular weight is 290 g/mol. The van der Waals surface area contributed by atoms with Gasteiger partial charge in [0.25, 0.3) is 0 Å². The van der Waals surface area contributed by atoms with Crippen molar-refractivity contribution in [2.24, 2.45) is 0 Å². The molecular weight excluding hydrogens is 264 g/mol. The minimum absolute atomic E-state index is 0.0486. The van der Waals surface area contributed by atoms with Crippen LogP contribution < -0.4 is 10.6 Å². The predicted octanol–water partition coefficient (Wildman–Crippen LogP) is 1.83. The number of carbonyl (C=O) groups excluding carboxylic acids is 1. The van der Waals surface area contributed by atoms with E-state index in [1.54, 1.807) is 12.4 Å². The molecule has 0 bridgehead atoms. The predicted molar refractivity (Wildman–Crippen MR) is 82.8 cm³/mol. The Kier molecular flexibility index (Phi) is 4.61. The fourth-order valence-electron chi connectivity index (χ4n) is 3.44. The second-order valence-electron chi connectivity index (χ2n) is 7.31. The van der Waals surface area contributed by atoms with Gasteiger partial charge < -0.3 is 10.6 Å². The van der Waals surface area contributed by atoms with E-state index in [4.69, 9.17) is 0 Å². The van der Waals surface area contributed by atoms with Crippen molar-refractivity contribution in [3.8, 4) is 0 Å². The lowest BCUT2D eigenvalue weighted by atomic mass is 9.79. The summed E-state index contributed by atoms with van der Waals surface area (Å²) in [5.41, 5.74) is 1.10. The maximum Gasteiger partial charge on any atom is 0.220 e. The van der Waals surface area contributed by atoms with Crippen molar-refractivity contribution in [3.63, 3.8) is 0 Å². The smallest absolute Gasteiger partial charge is 0.220 e. The number of hydrogen-bond donors (Lipinski definition) is 2. The molecule has 0 radical (unpaired) electrons. The van der Waals surface area contributed by atoms with Gasteiger partial charge in [0.05, 0.1) is 0 Å². The number of nitrogens with one attached hydrogen (secondary N) is 2. The molecule has 5 heteroatoms. The Labute approximate surface area is 127 Å². The van der Waals surface area contributed by atoms with Crippen LogP contribution in [0.15, 0.2) is 18.7 Å². The maximum absolute atomic E-state index is 12.1. The van der Waals surface area contributed by atoms with E-state index in [9.17, 15) is 4.79 Å². The molecule has 116 valence electrons. The highest BCUT2D eigenvalue weighted by Gasteiger charge is 2.37. The van der Waals surface area contributed by atoms with Crippen LogP contribution in [0.1, 0.15) is 52.5 Å². The number of aryl methyl sites for hydroxylation is 1. The summed E-state index contributed by atoms with van der Waals surface area (Å²) in [5.74, 6) is 0.109. The lowest BCUT2D eigenvalue weighted by Gasteiger charge is -2.46. The van der Waals surface area contributed by atoms with Crippen LogP contribution in [-0.4, -0.2) is 33.0 Å². The standard InChI is InChI=1S/C16H26N4O/c1-15(2)7-13(8-16(3,4)20-15)19-14(21)6-5-12-9-17-11-18-10-12/h9-11,13,20H,5-8H2,1-4H3,(H,19,21). The molecule has 0 saturated carbocycles. The van der Waals surface area contributed by atoms with Crippen molar-refractivity contribution in [1.29, 1.82) is 0 Å². The fourth-order valence-corrected chi connectivity index (χ4v) is 3.44. The van der Waals surface area contributed by atoms with Gasteiger partial charge in [-0.1, -0.05) is 0 Å². The number of nitrogens with zero attached hydrogens (tertiary/aromatic N) is 2. The second kappa shape index (κ2) is 6.10. The topological polar surface area (TPSA) is 66.9 Å². The Balaban J connectivity index is 1.85. The molecule has 0 aliphatic carbocycles. The largest absolute Gasteiger partial charge is 0.353 e. The molecule has 1 aromatic heterocycles. The van der Waals surface area contributed by atoms with Crippen LogP contribution in [0, 0.1) is 0 Å². The van der Waals surface area contributed by atoms with Crippen molar-refractivity contribution < 1.29 is 4.79 Å². The van der Waals surface area contributed by atoms with Crippen molar-refractivity contribution in [2.45, 2.75) is 70.5 Å². The van der Waals surface area contributed by atoms with Crippen molar-refractivity contribution in [2.75, 3.05) is 0 Å². The molecule has 2 N–H and O–H groups in total. The van der Waals surface area contributed by atoms with Crippen molar-refractivity contribution >= 4 is 5.91 Å². The van der Waals surface area contributed by atoms with E-state index in [0.717, 1.165) is 18.4 Å². The number of amides is 1. The Bertz CT molecular complexity index is 468. The van der Waals surface area contributed by atoms with Crippen molar-refractivity contribution in [1.82, 2.24) is 20.6 Å². The highest BCUT2D eigenvalue weighted by Crippen LogP contribution is 2.28. The number of aromatic nitrogens is 2. The molecule has 1 aliphatic rings. The molecule has 1 saturated heterocycles.